The topological polar surface area (TPSA) is 31.4 Å². The molecular weight excluding hydrogens is 377 g/mol. The van der Waals surface area contributed by atoms with E-state index in [4.69, 9.17) is 9.47 Å². The van der Waals surface area contributed by atoms with Crippen molar-refractivity contribution in [1.82, 2.24) is 4.98 Å². The minimum Gasteiger partial charge on any atom is -0.493 e. The van der Waals surface area contributed by atoms with E-state index in [2.05, 4.69) is 66.4 Å². The van der Waals surface area contributed by atoms with Crippen LogP contribution in [0.25, 0.3) is 0 Å². The number of aromatic nitrogens is 1. The Hall–Kier alpha value is -2.10. The van der Waals surface area contributed by atoms with Crippen molar-refractivity contribution >= 4 is 0 Å². The van der Waals surface area contributed by atoms with Crippen LogP contribution in [-0.4, -0.2) is 17.7 Å². The van der Waals surface area contributed by atoms with Gasteiger partial charge in [0, 0.05) is 18.3 Å². The van der Waals surface area contributed by atoms with Crippen LogP contribution in [0.15, 0.2) is 36.5 Å². The first-order chi connectivity index (χ1) is 13.7. The van der Waals surface area contributed by atoms with E-state index >= 15 is 0 Å². The number of hydrogen-bond donors (Lipinski definition) is 0. The summed E-state index contributed by atoms with van der Waals surface area (Å²) in [4.78, 5) is 4.26. The molecule has 0 radical (unpaired) electrons. The summed E-state index contributed by atoms with van der Waals surface area (Å²) in [6.07, 6.45) is 2.07. The van der Waals surface area contributed by atoms with Gasteiger partial charge in [-0.3, -0.25) is 0 Å². The first-order valence-electron chi connectivity index (χ1n) is 10.8. The van der Waals surface area contributed by atoms with Crippen molar-refractivity contribution in [2.75, 3.05) is 6.61 Å². The Morgan fingerprint density at radius 2 is 1.47 bits per heavy atom. The second-order valence-corrected chi connectivity index (χ2v) is 10.4. The number of nitrogens with zero attached hydrogens (tertiary/aromatic N) is 1. The van der Waals surface area contributed by atoms with Crippen molar-refractivity contribution in [1.29, 1.82) is 0 Å². The molecule has 0 spiro atoms. The van der Waals surface area contributed by atoms with Crippen LogP contribution in [0.2, 0.25) is 0 Å². The van der Waals surface area contributed by atoms with Gasteiger partial charge in [0.1, 0.15) is 11.6 Å². The minimum atomic E-state index is -0.230. The fourth-order valence-electron chi connectivity index (χ4n) is 2.48. The Morgan fingerprint density at radius 3 is 1.90 bits per heavy atom. The summed E-state index contributed by atoms with van der Waals surface area (Å²) in [6, 6.07) is 8.94. The van der Waals surface area contributed by atoms with E-state index in [1.165, 1.54) is 11.6 Å². The lowest BCUT2D eigenvalue weighted by atomic mass is 9.87. The molecule has 0 atom stereocenters. The number of halogens is 1. The molecule has 1 aromatic heterocycles. The van der Waals surface area contributed by atoms with Crippen LogP contribution in [0.1, 0.15) is 80.4 Å². The van der Waals surface area contributed by atoms with Gasteiger partial charge in [0.2, 0.25) is 5.88 Å². The monoisotopic (exact) mass is 417 g/mol. The number of benzene rings is 1. The van der Waals surface area contributed by atoms with Crippen molar-refractivity contribution in [2.24, 2.45) is 5.92 Å². The van der Waals surface area contributed by atoms with Gasteiger partial charge in [0.05, 0.1) is 12.7 Å². The van der Waals surface area contributed by atoms with Gasteiger partial charge >= 0.3 is 0 Å². The summed E-state index contributed by atoms with van der Waals surface area (Å²) in [7, 11) is 0. The third-order valence-electron chi connectivity index (χ3n) is 4.28. The van der Waals surface area contributed by atoms with Gasteiger partial charge in [-0.05, 0) is 53.9 Å². The molecule has 0 aliphatic rings. The molecule has 0 unspecified atom stereocenters. The summed E-state index contributed by atoms with van der Waals surface area (Å²) >= 11 is 0. The maximum atomic E-state index is 13.4. The summed E-state index contributed by atoms with van der Waals surface area (Å²) in [5, 5.41) is 0. The fraction of sp³-hybridized carbons (Fsp3) is 0.577. The van der Waals surface area contributed by atoms with E-state index in [-0.39, 0.29) is 22.8 Å². The molecule has 2 rings (SSSR count). The maximum absolute atomic E-state index is 13.4. The zero-order valence-electron chi connectivity index (χ0n) is 20.5. The summed E-state index contributed by atoms with van der Waals surface area (Å²) in [5.41, 5.74) is 2.29. The van der Waals surface area contributed by atoms with Gasteiger partial charge in [-0.2, -0.15) is 0 Å². The highest BCUT2D eigenvalue weighted by atomic mass is 19.1. The molecule has 4 heteroatoms. The summed E-state index contributed by atoms with van der Waals surface area (Å²) < 4.78 is 24.4. The lowest BCUT2D eigenvalue weighted by molar-refractivity contribution is 0.232. The highest BCUT2D eigenvalue weighted by molar-refractivity contribution is 5.33. The summed E-state index contributed by atoms with van der Waals surface area (Å²) in [5.74, 6) is 1.54. The van der Waals surface area contributed by atoms with Gasteiger partial charge < -0.3 is 9.47 Å². The Balaban J connectivity index is 0.000000303. The van der Waals surface area contributed by atoms with Crippen molar-refractivity contribution in [3.05, 3.63) is 53.5 Å². The van der Waals surface area contributed by atoms with E-state index < -0.39 is 0 Å². The molecule has 1 aromatic carbocycles. The van der Waals surface area contributed by atoms with Crippen molar-refractivity contribution < 1.29 is 13.9 Å². The molecule has 0 N–H and O–H groups in total. The molecule has 168 valence electrons. The van der Waals surface area contributed by atoms with Crippen LogP contribution < -0.4 is 9.47 Å². The van der Waals surface area contributed by atoms with Gasteiger partial charge in [-0.25, -0.2) is 9.37 Å². The molecule has 1 heterocycles. The molecule has 30 heavy (non-hydrogen) atoms. The van der Waals surface area contributed by atoms with Gasteiger partial charge in [0.25, 0.3) is 0 Å². The van der Waals surface area contributed by atoms with Crippen LogP contribution in [0, 0.1) is 11.7 Å². The van der Waals surface area contributed by atoms with Crippen molar-refractivity contribution in [3.8, 4) is 11.6 Å². The van der Waals surface area contributed by atoms with E-state index in [0.29, 0.717) is 24.2 Å². The number of hydrogen-bond acceptors (Lipinski definition) is 3. The lowest BCUT2D eigenvalue weighted by Crippen LogP contribution is -2.12. The summed E-state index contributed by atoms with van der Waals surface area (Å²) in [6.45, 7) is 21.5. The number of rotatable bonds is 5. The molecule has 0 aliphatic carbocycles. The first kappa shape index (κ1) is 25.9. The molecular formula is C26H40FNO2. The van der Waals surface area contributed by atoms with Crippen LogP contribution in [0.5, 0.6) is 11.6 Å². The number of pyridine rings is 1. The van der Waals surface area contributed by atoms with Crippen molar-refractivity contribution in [3.63, 3.8) is 0 Å². The normalized spacial score (nSPS) is 11.9. The van der Waals surface area contributed by atoms with E-state index in [1.807, 2.05) is 32.2 Å². The fourth-order valence-corrected chi connectivity index (χ4v) is 2.48. The largest absolute Gasteiger partial charge is 0.493 e. The molecule has 0 bridgehead atoms. The third kappa shape index (κ3) is 9.60. The predicted octanol–water partition coefficient (Wildman–Crippen LogP) is 7.32. The Morgan fingerprint density at radius 1 is 0.867 bits per heavy atom. The average molecular weight is 418 g/mol. The zero-order valence-corrected chi connectivity index (χ0v) is 20.5. The molecule has 2 aromatic rings. The molecule has 0 amide bonds. The Bertz CT molecular complexity index is 769. The average Bonchev–Trinajstić information content (AvgIpc) is 2.58. The molecule has 0 aliphatic heterocycles. The quantitative estimate of drug-likeness (QED) is 0.510. The predicted molar refractivity (Wildman–Crippen MR) is 124 cm³/mol. The van der Waals surface area contributed by atoms with E-state index in [1.54, 1.807) is 6.07 Å². The van der Waals surface area contributed by atoms with Gasteiger partial charge in [0.15, 0.2) is 0 Å². The van der Waals surface area contributed by atoms with E-state index in [9.17, 15) is 4.39 Å². The molecule has 0 saturated heterocycles. The van der Waals surface area contributed by atoms with Crippen molar-refractivity contribution in [2.45, 2.75) is 86.2 Å². The Kier molecular flexibility index (Phi) is 9.33. The standard InChI is InChI=1S/C14H21FO.C12H19NO/c1-10(2)9-16-13-7-11(14(3,4)5)6-12(15)8-13;1-9(2)14-11-7-6-10(8-13-11)12(3,4)5/h6-8,10H,9H2,1-5H3;6-9H,1-5H3. The van der Waals surface area contributed by atoms with E-state index in [0.717, 1.165) is 5.56 Å². The molecule has 0 saturated carbocycles. The van der Waals surface area contributed by atoms with Crippen LogP contribution in [0.4, 0.5) is 4.39 Å². The second kappa shape index (κ2) is 10.8. The second-order valence-electron chi connectivity index (χ2n) is 10.4. The molecule has 3 nitrogen and oxygen atoms in total. The SMILES string of the molecule is CC(C)COc1cc(F)cc(C(C)(C)C)c1.CC(C)Oc1ccc(C(C)(C)C)cn1. The Labute approximate surface area is 183 Å². The lowest BCUT2D eigenvalue weighted by Gasteiger charge is -2.20. The minimum absolute atomic E-state index is 0.0575. The zero-order chi connectivity index (χ0) is 23.1. The van der Waals surface area contributed by atoms with Gasteiger partial charge in [-0.15, -0.1) is 0 Å². The highest BCUT2D eigenvalue weighted by Gasteiger charge is 2.16. The maximum Gasteiger partial charge on any atom is 0.213 e. The van der Waals surface area contributed by atoms with Gasteiger partial charge in [-0.1, -0.05) is 61.5 Å². The van der Waals surface area contributed by atoms with Crippen LogP contribution in [-0.2, 0) is 10.8 Å². The first-order valence-corrected chi connectivity index (χ1v) is 10.8. The van der Waals surface area contributed by atoms with Crippen LogP contribution >= 0.6 is 0 Å². The smallest absolute Gasteiger partial charge is 0.213 e. The third-order valence-corrected chi connectivity index (χ3v) is 4.28. The van der Waals surface area contributed by atoms with Crippen LogP contribution in [0.3, 0.4) is 0 Å². The highest BCUT2D eigenvalue weighted by Crippen LogP contribution is 2.27. The number of ether oxygens (including phenoxy) is 2. The molecule has 0 fully saturated rings.